The van der Waals surface area contributed by atoms with E-state index in [0.29, 0.717) is 22.2 Å². The number of urea groups is 1. The third-order valence-corrected chi connectivity index (χ3v) is 3.57. The molecule has 2 rings (SSSR count). The second kappa shape index (κ2) is 6.98. The summed E-state index contributed by atoms with van der Waals surface area (Å²) in [5.41, 5.74) is 0.402. The first kappa shape index (κ1) is 16.6. The molecule has 0 aliphatic carbocycles. The Morgan fingerprint density at radius 2 is 1.91 bits per heavy atom. The Balaban J connectivity index is 2.00. The quantitative estimate of drug-likeness (QED) is 0.806. The predicted molar refractivity (Wildman–Crippen MR) is 84.0 cm³/mol. The molecule has 0 bridgehead atoms. The Kier molecular flexibility index (Phi) is 5.26. The summed E-state index contributed by atoms with van der Waals surface area (Å²) in [7, 11) is 0. The summed E-state index contributed by atoms with van der Waals surface area (Å²) in [6.45, 7) is 1.56. The number of halogens is 2. The van der Waals surface area contributed by atoms with Gasteiger partial charge in [0.25, 0.3) is 5.91 Å². The van der Waals surface area contributed by atoms with Gasteiger partial charge in [0.05, 0.1) is 0 Å². The van der Waals surface area contributed by atoms with Gasteiger partial charge in [-0.25, -0.2) is 4.79 Å². The molecule has 1 fully saturated rings. The molecule has 1 aromatic carbocycles. The van der Waals surface area contributed by atoms with Gasteiger partial charge in [0.15, 0.2) is 0 Å². The molecule has 0 spiro atoms. The van der Waals surface area contributed by atoms with E-state index in [1.165, 1.54) is 18.2 Å². The van der Waals surface area contributed by atoms with Crippen LogP contribution in [0.25, 0.3) is 0 Å². The van der Waals surface area contributed by atoms with Crippen LogP contribution < -0.4 is 10.6 Å². The molecular formula is C14H15Cl2N3O3. The van der Waals surface area contributed by atoms with Crippen molar-refractivity contribution in [2.24, 2.45) is 0 Å². The molecule has 0 saturated carbocycles. The number of amides is 4. The van der Waals surface area contributed by atoms with Crippen molar-refractivity contribution in [3.63, 3.8) is 0 Å². The van der Waals surface area contributed by atoms with Gasteiger partial charge in [-0.05, 0) is 24.6 Å². The van der Waals surface area contributed by atoms with Crippen LogP contribution in [0.1, 0.15) is 19.8 Å². The summed E-state index contributed by atoms with van der Waals surface area (Å²) < 4.78 is 0. The average molecular weight is 344 g/mol. The number of hydrogen-bond acceptors (Lipinski definition) is 3. The molecule has 1 aliphatic heterocycles. The molecule has 1 heterocycles. The van der Waals surface area contributed by atoms with Crippen molar-refractivity contribution in [2.45, 2.75) is 25.8 Å². The Hall–Kier alpha value is -1.79. The molecule has 6 nitrogen and oxygen atoms in total. The van der Waals surface area contributed by atoms with Crippen LogP contribution in [0.2, 0.25) is 10.0 Å². The lowest BCUT2D eigenvalue weighted by molar-refractivity contribution is -0.130. The minimum atomic E-state index is -0.553. The van der Waals surface area contributed by atoms with E-state index in [1.54, 1.807) is 0 Å². The van der Waals surface area contributed by atoms with E-state index in [-0.39, 0.29) is 12.5 Å². The van der Waals surface area contributed by atoms with Crippen molar-refractivity contribution in [3.05, 3.63) is 28.2 Å². The van der Waals surface area contributed by atoms with Crippen molar-refractivity contribution in [1.29, 1.82) is 0 Å². The largest absolute Gasteiger partial charge is 0.326 e. The van der Waals surface area contributed by atoms with Gasteiger partial charge in [0.1, 0.15) is 12.6 Å². The fourth-order valence-electron chi connectivity index (χ4n) is 2.18. The molecule has 1 saturated heterocycles. The Bertz CT molecular complexity index is 601. The minimum Gasteiger partial charge on any atom is -0.326 e. The second-order valence-corrected chi connectivity index (χ2v) is 5.79. The van der Waals surface area contributed by atoms with Crippen molar-refractivity contribution in [1.82, 2.24) is 10.2 Å². The van der Waals surface area contributed by atoms with Crippen molar-refractivity contribution in [3.8, 4) is 0 Å². The van der Waals surface area contributed by atoms with Gasteiger partial charge >= 0.3 is 6.03 Å². The zero-order valence-corrected chi connectivity index (χ0v) is 13.4. The first-order chi connectivity index (χ1) is 10.4. The van der Waals surface area contributed by atoms with Crippen LogP contribution in [-0.4, -0.2) is 35.3 Å². The Labute approximate surface area is 137 Å². The molecule has 1 aliphatic rings. The van der Waals surface area contributed by atoms with Crippen LogP contribution in [0.3, 0.4) is 0 Å². The number of benzene rings is 1. The van der Waals surface area contributed by atoms with Gasteiger partial charge in [-0.2, -0.15) is 0 Å². The van der Waals surface area contributed by atoms with E-state index in [4.69, 9.17) is 23.2 Å². The standard InChI is InChI=1S/C14H15Cl2N3O3/c1-2-3-11-13(21)19(14(22)18-11)7-12(20)17-10-5-8(15)4-9(16)6-10/h4-6,11H,2-3,7H2,1H3,(H,17,20)(H,18,22). The number of nitrogens with one attached hydrogen (secondary N) is 2. The second-order valence-electron chi connectivity index (χ2n) is 4.92. The Morgan fingerprint density at radius 3 is 2.50 bits per heavy atom. The molecule has 1 aromatic rings. The highest BCUT2D eigenvalue weighted by molar-refractivity contribution is 6.35. The van der Waals surface area contributed by atoms with Crippen molar-refractivity contribution in [2.75, 3.05) is 11.9 Å². The summed E-state index contributed by atoms with van der Waals surface area (Å²) in [5.74, 6) is -0.884. The predicted octanol–water partition coefficient (Wildman–Crippen LogP) is 2.65. The number of carbonyl (C=O) groups is 3. The summed E-state index contributed by atoms with van der Waals surface area (Å²) in [4.78, 5) is 36.6. The SMILES string of the molecule is CCCC1NC(=O)N(CC(=O)Nc2cc(Cl)cc(Cl)c2)C1=O. The fraction of sp³-hybridized carbons (Fsp3) is 0.357. The molecule has 118 valence electrons. The highest BCUT2D eigenvalue weighted by atomic mass is 35.5. The van der Waals surface area contributed by atoms with E-state index >= 15 is 0 Å². The molecular weight excluding hydrogens is 329 g/mol. The normalized spacial score (nSPS) is 17.6. The number of rotatable bonds is 5. The number of carbonyl (C=O) groups excluding carboxylic acids is 3. The lowest BCUT2D eigenvalue weighted by atomic mass is 10.2. The average Bonchev–Trinajstić information content (AvgIpc) is 2.66. The summed E-state index contributed by atoms with van der Waals surface area (Å²) in [5, 5.41) is 5.87. The third kappa shape index (κ3) is 3.90. The fourth-order valence-corrected chi connectivity index (χ4v) is 2.71. The topological polar surface area (TPSA) is 78.5 Å². The van der Waals surface area contributed by atoms with Crippen LogP contribution in [-0.2, 0) is 9.59 Å². The van der Waals surface area contributed by atoms with Crippen LogP contribution in [0.4, 0.5) is 10.5 Å². The maximum atomic E-state index is 12.0. The smallest absolute Gasteiger partial charge is 0.325 e. The van der Waals surface area contributed by atoms with Gasteiger partial charge < -0.3 is 10.6 Å². The lowest BCUT2D eigenvalue weighted by Gasteiger charge is -2.13. The maximum Gasteiger partial charge on any atom is 0.325 e. The van der Waals surface area contributed by atoms with Crippen LogP contribution in [0.5, 0.6) is 0 Å². The van der Waals surface area contributed by atoms with Crippen LogP contribution >= 0.6 is 23.2 Å². The maximum absolute atomic E-state index is 12.0. The van der Waals surface area contributed by atoms with Gasteiger partial charge in [0, 0.05) is 15.7 Å². The van der Waals surface area contributed by atoms with Crippen LogP contribution in [0, 0.1) is 0 Å². The lowest BCUT2D eigenvalue weighted by Crippen LogP contribution is -2.38. The van der Waals surface area contributed by atoms with Crippen molar-refractivity contribution < 1.29 is 14.4 Å². The highest BCUT2D eigenvalue weighted by Gasteiger charge is 2.38. The number of imide groups is 1. The van der Waals surface area contributed by atoms with Gasteiger partial charge in [-0.1, -0.05) is 36.5 Å². The summed E-state index contributed by atoms with van der Waals surface area (Å²) in [6.07, 6.45) is 1.31. The molecule has 1 atom stereocenters. The van der Waals surface area contributed by atoms with E-state index in [0.717, 1.165) is 11.3 Å². The van der Waals surface area contributed by atoms with Gasteiger partial charge in [0.2, 0.25) is 5.91 Å². The number of nitrogens with zero attached hydrogens (tertiary/aromatic N) is 1. The van der Waals surface area contributed by atoms with Crippen molar-refractivity contribution >= 4 is 46.7 Å². The summed E-state index contributed by atoms with van der Waals surface area (Å²) in [6, 6.07) is 3.48. The number of hydrogen-bond donors (Lipinski definition) is 2. The van der Waals surface area contributed by atoms with Gasteiger partial charge in [-0.15, -0.1) is 0 Å². The molecule has 22 heavy (non-hydrogen) atoms. The molecule has 1 unspecified atom stereocenters. The van der Waals surface area contributed by atoms with E-state index in [9.17, 15) is 14.4 Å². The first-order valence-electron chi connectivity index (χ1n) is 6.78. The number of anilines is 1. The van der Waals surface area contributed by atoms with Gasteiger partial charge in [-0.3, -0.25) is 14.5 Å². The molecule has 0 aromatic heterocycles. The Morgan fingerprint density at radius 1 is 1.27 bits per heavy atom. The highest BCUT2D eigenvalue weighted by Crippen LogP contribution is 2.22. The third-order valence-electron chi connectivity index (χ3n) is 3.13. The molecule has 0 radical (unpaired) electrons. The van der Waals surface area contributed by atoms with E-state index in [2.05, 4.69) is 10.6 Å². The zero-order chi connectivity index (χ0) is 16.3. The molecule has 4 amide bonds. The molecule has 8 heteroatoms. The van der Waals surface area contributed by atoms with Crippen LogP contribution in [0.15, 0.2) is 18.2 Å². The van der Waals surface area contributed by atoms with E-state index < -0.39 is 18.0 Å². The first-order valence-corrected chi connectivity index (χ1v) is 7.54. The monoisotopic (exact) mass is 343 g/mol. The zero-order valence-electron chi connectivity index (χ0n) is 11.9. The minimum absolute atomic E-state index is 0.352. The summed E-state index contributed by atoms with van der Waals surface area (Å²) >= 11 is 11.7. The molecule has 2 N–H and O–H groups in total. The van der Waals surface area contributed by atoms with E-state index in [1.807, 2.05) is 6.92 Å².